The van der Waals surface area contributed by atoms with Gasteiger partial charge < -0.3 is 15.3 Å². The monoisotopic (exact) mass is 445 g/mol. The SMILES string of the molecule is CC(C)CC#Cc1ccc([C@@H]2[C@H]3CN(C(=O)Nc4ccccc4)CCCCN3[C@H]2CO)cc1. The van der Waals surface area contributed by atoms with Crippen molar-refractivity contribution in [1.82, 2.24) is 9.80 Å². The second-order valence-electron chi connectivity index (χ2n) is 9.55. The van der Waals surface area contributed by atoms with Crippen LogP contribution in [0.15, 0.2) is 54.6 Å². The molecule has 2 saturated heterocycles. The van der Waals surface area contributed by atoms with Gasteiger partial charge in [0.25, 0.3) is 0 Å². The van der Waals surface area contributed by atoms with Gasteiger partial charge in [-0.3, -0.25) is 4.90 Å². The topological polar surface area (TPSA) is 55.8 Å². The number of carbonyl (C=O) groups is 1. The summed E-state index contributed by atoms with van der Waals surface area (Å²) in [7, 11) is 0. The first-order valence-electron chi connectivity index (χ1n) is 12.1. The standard InChI is InChI=1S/C28H35N3O2/c1-21(2)9-8-10-22-13-15-23(16-14-22)27-25-19-30(17-6-7-18-31(25)26(27)20-32)28(33)29-24-11-4-3-5-12-24/h3-5,11-16,21,25-27,32H,6-7,9,17-20H2,1-2H3,(H,29,33)/t25-,26+,27-/m1/s1. The van der Waals surface area contributed by atoms with Crippen molar-refractivity contribution in [2.24, 2.45) is 5.92 Å². The minimum atomic E-state index is -0.0509. The minimum Gasteiger partial charge on any atom is -0.395 e. The molecule has 4 rings (SSSR count). The second-order valence-corrected chi connectivity index (χ2v) is 9.55. The minimum absolute atomic E-state index is 0.0509. The number of amides is 2. The van der Waals surface area contributed by atoms with E-state index in [9.17, 15) is 9.90 Å². The molecular formula is C28H35N3O2. The van der Waals surface area contributed by atoms with E-state index in [2.05, 4.69) is 60.2 Å². The van der Waals surface area contributed by atoms with Crippen molar-refractivity contribution in [2.45, 2.75) is 51.1 Å². The molecule has 0 aromatic heterocycles. The van der Waals surface area contributed by atoms with Crippen LogP contribution in [0.3, 0.4) is 0 Å². The predicted octanol–water partition coefficient (Wildman–Crippen LogP) is 4.54. The quantitative estimate of drug-likeness (QED) is 0.680. The summed E-state index contributed by atoms with van der Waals surface area (Å²) in [5.74, 6) is 7.28. The van der Waals surface area contributed by atoms with Gasteiger partial charge in [0.05, 0.1) is 6.61 Å². The van der Waals surface area contributed by atoms with E-state index in [1.54, 1.807) is 0 Å². The number of carbonyl (C=O) groups excluding carboxylic acids is 1. The van der Waals surface area contributed by atoms with Gasteiger partial charge >= 0.3 is 6.03 Å². The number of aliphatic hydroxyl groups excluding tert-OH is 1. The molecular weight excluding hydrogens is 410 g/mol. The van der Waals surface area contributed by atoms with E-state index in [-0.39, 0.29) is 30.6 Å². The highest BCUT2D eigenvalue weighted by Crippen LogP contribution is 2.42. The maximum Gasteiger partial charge on any atom is 0.321 e. The number of hydrogen-bond donors (Lipinski definition) is 2. The molecule has 2 aliphatic rings. The Morgan fingerprint density at radius 2 is 1.82 bits per heavy atom. The molecule has 3 atom stereocenters. The molecule has 2 N–H and O–H groups in total. The molecule has 33 heavy (non-hydrogen) atoms. The van der Waals surface area contributed by atoms with E-state index in [4.69, 9.17) is 0 Å². The number of anilines is 1. The highest BCUT2D eigenvalue weighted by Gasteiger charge is 2.49. The summed E-state index contributed by atoms with van der Waals surface area (Å²) in [5, 5.41) is 13.2. The van der Waals surface area contributed by atoms with Crippen LogP contribution in [0.1, 0.15) is 50.2 Å². The molecule has 0 unspecified atom stereocenters. The van der Waals surface area contributed by atoms with Crippen LogP contribution >= 0.6 is 0 Å². The van der Waals surface area contributed by atoms with E-state index in [1.807, 2.05) is 35.2 Å². The number of urea groups is 1. The van der Waals surface area contributed by atoms with Crippen LogP contribution in [0.4, 0.5) is 10.5 Å². The smallest absolute Gasteiger partial charge is 0.321 e. The molecule has 0 spiro atoms. The molecule has 174 valence electrons. The van der Waals surface area contributed by atoms with E-state index in [0.29, 0.717) is 12.5 Å². The van der Waals surface area contributed by atoms with Crippen molar-refractivity contribution in [3.05, 3.63) is 65.7 Å². The van der Waals surface area contributed by atoms with Crippen molar-refractivity contribution in [3.63, 3.8) is 0 Å². The molecule has 2 amide bonds. The van der Waals surface area contributed by atoms with Gasteiger partial charge in [0.15, 0.2) is 0 Å². The van der Waals surface area contributed by atoms with Crippen LogP contribution in [0.5, 0.6) is 0 Å². The number of hydrogen-bond acceptors (Lipinski definition) is 3. The second kappa shape index (κ2) is 10.9. The third kappa shape index (κ3) is 5.58. The Bertz CT molecular complexity index is 978. The molecule has 2 aromatic carbocycles. The first kappa shape index (κ1) is 23.4. The third-order valence-electron chi connectivity index (χ3n) is 6.72. The number of nitrogens with zero attached hydrogens (tertiary/aromatic N) is 2. The largest absolute Gasteiger partial charge is 0.395 e. The zero-order valence-corrected chi connectivity index (χ0v) is 19.7. The lowest BCUT2D eigenvalue weighted by atomic mass is 9.74. The van der Waals surface area contributed by atoms with Gasteiger partial charge in [-0.15, -0.1) is 0 Å². The summed E-state index contributed by atoms with van der Waals surface area (Å²) >= 11 is 0. The summed E-state index contributed by atoms with van der Waals surface area (Å²) in [6.45, 7) is 6.87. The van der Waals surface area contributed by atoms with Crippen molar-refractivity contribution in [2.75, 3.05) is 31.6 Å². The van der Waals surface area contributed by atoms with Gasteiger partial charge in [-0.05, 0) is 55.1 Å². The molecule has 2 aromatic rings. The van der Waals surface area contributed by atoms with Gasteiger partial charge in [0.2, 0.25) is 0 Å². The van der Waals surface area contributed by atoms with Gasteiger partial charge in [-0.25, -0.2) is 4.79 Å². The number of aliphatic hydroxyl groups is 1. The zero-order chi connectivity index (χ0) is 23.2. The van der Waals surface area contributed by atoms with Crippen LogP contribution in [0.25, 0.3) is 0 Å². The lowest BCUT2D eigenvalue weighted by Gasteiger charge is -2.57. The molecule has 5 nitrogen and oxygen atoms in total. The van der Waals surface area contributed by atoms with Crippen molar-refractivity contribution in [3.8, 4) is 11.8 Å². The third-order valence-corrected chi connectivity index (χ3v) is 6.72. The van der Waals surface area contributed by atoms with Crippen LogP contribution < -0.4 is 5.32 Å². The maximum atomic E-state index is 13.0. The van der Waals surface area contributed by atoms with Crippen LogP contribution in [0, 0.1) is 17.8 Å². The first-order chi connectivity index (χ1) is 16.1. The van der Waals surface area contributed by atoms with Crippen LogP contribution in [0.2, 0.25) is 0 Å². The van der Waals surface area contributed by atoms with Crippen LogP contribution in [-0.4, -0.2) is 59.3 Å². The number of para-hydroxylation sites is 1. The maximum absolute atomic E-state index is 13.0. The fraction of sp³-hybridized carbons (Fsp3) is 0.464. The molecule has 2 aliphatic heterocycles. The van der Waals surface area contributed by atoms with E-state index in [0.717, 1.165) is 43.6 Å². The van der Waals surface area contributed by atoms with Crippen molar-refractivity contribution >= 4 is 11.7 Å². The molecule has 2 heterocycles. The fourth-order valence-electron chi connectivity index (χ4n) is 4.99. The first-order valence-corrected chi connectivity index (χ1v) is 12.1. The average Bonchev–Trinajstić information content (AvgIpc) is 2.79. The van der Waals surface area contributed by atoms with Crippen molar-refractivity contribution in [1.29, 1.82) is 0 Å². The molecule has 5 heteroatoms. The number of fused-ring (bicyclic) bond motifs is 1. The number of rotatable bonds is 4. The van der Waals surface area contributed by atoms with E-state index in [1.165, 1.54) is 5.56 Å². The molecule has 0 bridgehead atoms. The average molecular weight is 446 g/mol. The highest BCUT2D eigenvalue weighted by atomic mass is 16.3. The number of benzene rings is 2. The van der Waals surface area contributed by atoms with Gasteiger partial charge in [-0.2, -0.15) is 0 Å². The number of nitrogens with one attached hydrogen (secondary N) is 1. The molecule has 0 radical (unpaired) electrons. The van der Waals surface area contributed by atoms with Gasteiger partial charge in [0, 0.05) is 48.8 Å². The zero-order valence-electron chi connectivity index (χ0n) is 19.7. The van der Waals surface area contributed by atoms with E-state index >= 15 is 0 Å². The molecule has 0 saturated carbocycles. The highest BCUT2D eigenvalue weighted by molar-refractivity contribution is 5.89. The normalized spacial score (nSPS) is 22.9. The fourth-order valence-corrected chi connectivity index (χ4v) is 4.99. The Balaban J connectivity index is 1.49. The Kier molecular flexibility index (Phi) is 7.69. The van der Waals surface area contributed by atoms with Crippen molar-refractivity contribution < 1.29 is 9.90 Å². The summed E-state index contributed by atoms with van der Waals surface area (Å²) in [5.41, 5.74) is 3.06. The summed E-state index contributed by atoms with van der Waals surface area (Å²) in [6, 6.07) is 18.3. The summed E-state index contributed by atoms with van der Waals surface area (Å²) in [4.78, 5) is 17.4. The van der Waals surface area contributed by atoms with Gasteiger partial charge in [0.1, 0.15) is 0 Å². The Morgan fingerprint density at radius 1 is 1.09 bits per heavy atom. The lowest BCUT2D eigenvalue weighted by Crippen LogP contribution is -2.68. The Morgan fingerprint density at radius 3 is 2.52 bits per heavy atom. The molecule has 2 fully saturated rings. The molecule has 0 aliphatic carbocycles. The summed E-state index contributed by atoms with van der Waals surface area (Å²) in [6.07, 6.45) is 2.89. The Labute approximate surface area is 197 Å². The van der Waals surface area contributed by atoms with Crippen LogP contribution in [-0.2, 0) is 0 Å². The van der Waals surface area contributed by atoms with E-state index < -0.39 is 0 Å². The Hall–Kier alpha value is -2.81. The van der Waals surface area contributed by atoms with Gasteiger partial charge in [-0.1, -0.05) is 56.0 Å². The lowest BCUT2D eigenvalue weighted by molar-refractivity contribution is -0.0585. The predicted molar refractivity (Wildman–Crippen MR) is 133 cm³/mol. The summed E-state index contributed by atoms with van der Waals surface area (Å²) < 4.78 is 0.